The van der Waals surface area contributed by atoms with E-state index in [2.05, 4.69) is 12.3 Å². The van der Waals surface area contributed by atoms with Gasteiger partial charge in [-0.1, -0.05) is 18.7 Å². The Labute approximate surface area is 80.4 Å². The Morgan fingerprint density at radius 2 is 1.71 bits per heavy atom. The lowest BCUT2D eigenvalue weighted by Gasteiger charge is -2.06. The molecule has 14 heavy (non-hydrogen) atoms. The minimum Gasteiger partial charge on any atom is -0.166 e. The molecule has 0 saturated heterocycles. The first kappa shape index (κ1) is 10.6. The summed E-state index contributed by atoms with van der Waals surface area (Å²) in [5.74, 6) is 0. The normalized spacial score (nSPS) is 10.9. The zero-order chi connectivity index (χ0) is 10.8. The van der Waals surface area contributed by atoms with E-state index in [4.69, 9.17) is 0 Å². The van der Waals surface area contributed by atoms with Crippen molar-refractivity contribution in [2.75, 3.05) is 0 Å². The Bertz CT molecular complexity index is 365. The van der Waals surface area contributed by atoms with Gasteiger partial charge in [-0.05, 0) is 30.2 Å². The van der Waals surface area contributed by atoms with Crippen molar-refractivity contribution in [2.24, 2.45) is 0 Å². The zero-order valence-corrected chi connectivity index (χ0v) is 7.65. The molecule has 0 heterocycles. The maximum absolute atomic E-state index is 12.2. The van der Waals surface area contributed by atoms with Gasteiger partial charge in [-0.15, -0.1) is 5.73 Å². The molecule has 0 nitrogen and oxygen atoms in total. The minimum absolute atomic E-state index is 0.641. The molecule has 0 unspecified atom stereocenters. The van der Waals surface area contributed by atoms with Crippen molar-refractivity contribution in [3.8, 4) is 0 Å². The highest BCUT2D eigenvalue weighted by Crippen LogP contribution is 2.29. The molecule has 74 valence electrons. The van der Waals surface area contributed by atoms with E-state index in [-0.39, 0.29) is 0 Å². The van der Waals surface area contributed by atoms with Gasteiger partial charge < -0.3 is 0 Å². The molecular formula is C11H9F3. The lowest BCUT2D eigenvalue weighted by Crippen LogP contribution is -2.04. The third-order valence-corrected chi connectivity index (χ3v) is 1.91. The molecule has 0 aliphatic heterocycles. The Morgan fingerprint density at radius 3 is 2.07 bits per heavy atom. The van der Waals surface area contributed by atoms with Crippen LogP contribution in [-0.2, 0) is 6.18 Å². The van der Waals surface area contributed by atoms with Crippen molar-refractivity contribution >= 4 is 5.57 Å². The van der Waals surface area contributed by atoms with Crippen molar-refractivity contribution in [3.63, 3.8) is 0 Å². The van der Waals surface area contributed by atoms with Gasteiger partial charge >= 0.3 is 6.18 Å². The molecule has 0 atom stereocenters. The Hall–Kier alpha value is -1.47. The van der Waals surface area contributed by atoms with Crippen LogP contribution in [0.15, 0.2) is 36.6 Å². The second-order valence-electron chi connectivity index (χ2n) is 2.88. The van der Waals surface area contributed by atoms with Crippen LogP contribution < -0.4 is 0 Å². The third kappa shape index (κ3) is 2.27. The average molecular weight is 198 g/mol. The van der Waals surface area contributed by atoms with E-state index < -0.39 is 11.7 Å². The van der Waals surface area contributed by atoms with Gasteiger partial charge in [0.05, 0.1) is 5.56 Å². The summed E-state index contributed by atoms with van der Waals surface area (Å²) in [6.45, 7) is 5.17. The number of hydrogen-bond donors (Lipinski definition) is 0. The van der Waals surface area contributed by atoms with Gasteiger partial charge in [-0.3, -0.25) is 0 Å². The molecule has 0 radical (unpaired) electrons. The number of allylic oxidation sites excluding steroid dienone is 1. The number of alkyl halides is 3. The molecule has 0 amide bonds. The van der Waals surface area contributed by atoms with Gasteiger partial charge in [0, 0.05) is 0 Å². The van der Waals surface area contributed by atoms with E-state index >= 15 is 0 Å². The summed E-state index contributed by atoms with van der Waals surface area (Å²) in [5, 5.41) is 0. The first-order chi connectivity index (χ1) is 6.45. The van der Waals surface area contributed by atoms with Crippen LogP contribution in [-0.4, -0.2) is 0 Å². The highest BCUT2D eigenvalue weighted by molar-refractivity contribution is 5.62. The van der Waals surface area contributed by atoms with Crippen LogP contribution >= 0.6 is 0 Å². The summed E-state index contributed by atoms with van der Waals surface area (Å²) < 4.78 is 36.5. The molecule has 0 fully saturated rings. The number of halogens is 3. The molecule has 0 aliphatic rings. The molecule has 0 aliphatic carbocycles. The monoisotopic (exact) mass is 198 g/mol. The second kappa shape index (κ2) is 3.72. The second-order valence-corrected chi connectivity index (χ2v) is 2.88. The molecule has 1 aromatic rings. The molecule has 0 N–H and O–H groups in total. The summed E-state index contributed by atoms with van der Waals surface area (Å²) in [6.07, 6.45) is -4.27. The lowest BCUT2D eigenvalue weighted by molar-refractivity contribution is -0.137. The van der Waals surface area contributed by atoms with Crippen LogP contribution in [0.1, 0.15) is 18.1 Å². The quantitative estimate of drug-likeness (QED) is 0.600. The zero-order valence-electron chi connectivity index (χ0n) is 7.65. The van der Waals surface area contributed by atoms with Crippen molar-refractivity contribution in [2.45, 2.75) is 13.1 Å². The van der Waals surface area contributed by atoms with Crippen molar-refractivity contribution in [3.05, 3.63) is 47.7 Å². The Kier molecular flexibility index (Phi) is 2.82. The van der Waals surface area contributed by atoms with E-state index in [9.17, 15) is 13.2 Å². The van der Waals surface area contributed by atoms with Crippen LogP contribution in [0.25, 0.3) is 5.57 Å². The van der Waals surface area contributed by atoms with E-state index in [0.717, 1.165) is 17.7 Å². The highest BCUT2D eigenvalue weighted by Gasteiger charge is 2.29. The summed E-state index contributed by atoms with van der Waals surface area (Å²) in [6, 6.07) is 4.93. The fourth-order valence-corrected chi connectivity index (χ4v) is 1.01. The molecule has 3 heteroatoms. The van der Waals surface area contributed by atoms with Crippen molar-refractivity contribution in [1.82, 2.24) is 0 Å². The maximum Gasteiger partial charge on any atom is 0.416 e. The molecule has 0 spiro atoms. The van der Waals surface area contributed by atoms with Gasteiger partial charge in [-0.25, -0.2) is 0 Å². The minimum atomic E-state index is -4.27. The Morgan fingerprint density at radius 1 is 1.21 bits per heavy atom. The number of rotatable bonds is 1. The molecule has 1 rings (SSSR count). The van der Waals surface area contributed by atoms with E-state index in [1.807, 2.05) is 0 Å². The summed E-state index contributed by atoms with van der Waals surface area (Å²) in [7, 11) is 0. The lowest BCUT2D eigenvalue weighted by atomic mass is 10.1. The first-order valence-electron chi connectivity index (χ1n) is 3.99. The molecular weight excluding hydrogens is 189 g/mol. The Balaban J connectivity index is 3.07. The smallest absolute Gasteiger partial charge is 0.166 e. The first-order valence-corrected chi connectivity index (χ1v) is 3.99. The molecule has 0 bridgehead atoms. The van der Waals surface area contributed by atoms with Crippen LogP contribution in [0, 0.1) is 0 Å². The number of hydrogen-bond acceptors (Lipinski definition) is 0. The highest BCUT2D eigenvalue weighted by atomic mass is 19.4. The molecule has 0 saturated carbocycles. The fraction of sp³-hybridized carbons (Fsp3) is 0.182. The van der Waals surface area contributed by atoms with Gasteiger partial charge in [0.25, 0.3) is 0 Å². The van der Waals surface area contributed by atoms with E-state index in [0.29, 0.717) is 5.56 Å². The standard InChI is InChI=1S/C11H9F3/c1-3-8(2)9-4-6-10(7-5-9)11(12,13)14/h4-7H,1H2,2H3. The third-order valence-electron chi connectivity index (χ3n) is 1.91. The van der Waals surface area contributed by atoms with Gasteiger partial charge in [0.2, 0.25) is 0 Å². The summed E-state index contributed by atoms with van der Waals surface area (Å²) in [5.41, 5.74) is 3.42. The van der Waals surface area contributed by atoms with Crippen LogP contribution in [0.4, 0.5) is 13.2 Å². The summed E-state index contributed by atoms with van der Waals surface area (Å²) in [4.78, 5) is 0. The van der Waals surface area contributed by atoms with Crippen LogP contribution in [0.2, 0.25) is 0 Å². The van der Waals surface area contributed by atoms with Crippen LogP contribution in [0.3, 0.4) is 0 Å². The largest absolute Gasteiger partial charge is 0.416 e. The predicted octanol–water partition coefficient (Wildman–Crippen LogP) is 3.89. The fourth-order valence-electron chi connectivity index (χ4n) is 1.01. The van der Waals surface area contributed by atoms with Crippen molar-refractivity contribution < 1.29 is 13.2 Å². The van der Waals surface area contributed by atoms with Crippen molar-refractivity contribution in [1.29, 1.82) is 0 Å². The van der Waals surface area contributed by atoms with Gasteiger partial charge in [0.15, 0.2) is 0 Å². The number of benzene rings is 1. The summed E-state index contributed by atoms with van der Waals surface area (Å²) >= 11 is 0. The molecule has 1 aromatic carbocycles. The molecule has 0 aromatic heterocycles. The maximum atomic E-state index is 12.2. The SMILES string of the molecule is C=C=C(C)c1ccc(C(F)(F)F)cc1. The van der Waals surface area contributed by atoms with Gasteiger partial charge in [-0.2, -0.15) is 13.2 Å². The van der Waals surface area contributed by atoms with E-state index in [1.165, 1.54) is 12.1 Å². The van der Waals surface area contributed by atoms with E-state index in [1.54, 1.807) is 6.92 Å². The van der Waals surface area contributed by atoms with Crippen LogP contribution in [0.5, 0.6) is 0 Å². The van der Waals surface area contributed by atoms with Gasteiger partial charge in [0.1, 0.15) is 0 Å². The topological polar surface area (TPSA) is 0 Å². The average Bonchev–Trinajstić information content (AvgIpc) is 2.15. The predicted molar refractivity (Wildman–Crippen MR) is 49.7 cm³/mol.